The quantitative estimate of drug-likeness (QED) is 0.827. The summed E-state index contributed by atoms with van der Waals surface area (Å²) in [5, 5.41) is 0.970. The highest BCUT2D eigenvalue weighted by Gasteiger charge is 2.45. The van der Waals surface area contributed by atoms with Gasteiger partial charge >= 0.3 is 0 Å². The van der Waals surface area contributed by atoms with Crippen molar-refractivity contribution < 1.29 is 14.0 Å². The molecule has 1 aromatic heterocycles. The van der Waals surface area contributed by atoms with E-state index >= 15 is 0 Å². The van der Waals surface area contributed by atoms with Gasteiger partial charge in [-0.3, -0.25) is 9.59 Å². The van der Waals surface area contributed by atoms with Gasteiger partial charge in [-0.05, 0) is 49.9 Å². The Morgan fingerprint density at radius 1 is 1.22 bits per heavy atom. The fourth-order valence-electron chi connectivity index (χ4n) is 4.60. The van der Waals surface area contributed by atoms with Crippen LogP contribution in [-0.2, 0) is 4.79 Å². The molecule has 0 N–H and O–H groups in total. The Bertz CT molecular complexity index is 875. The lowest BCUT2D eigenvalue weighted by Gasteiger charge is -2.39. The molecule has 27 heavy (non-hydrogen) atoms. The zero-order valence-corrected chi connectivity index (χ0v) is 16.5. The van der Waals surface area contributed by atoms with Crippen LogP contribution in [0.3, 0.4) is 0 Å². The highest BCUT2D eigenvalue weighted by Crippen LogP contribution is 2.41. The minimum absolute atomic E-state index is 0.0639. The number of benzene rings is 1. The molecule has 0 aliphatic carbocycles. The zero-order valence-electron chi connectivity index (χ0n) is 16.5. The Kier molecular flexibility index (Phi) is 4.49. The molecule has 2 aliphatic rings. The van der Waals surface area contributed by atoms with Crippen molar-refractivity contribution in [1.82, 2.24) is 9.80 Å². The molecular formula is C22H28N2O3. The molecule has 5 nitrogen and oxygen atoms in total. The third kappa shape index (κ3) is 3.47. The second-order valence-corrected chi connectivity index (χ2v) is 8.75. The zero-order chi connectivity index (χ0) is 19.2. The lowest BCUT2D eigenvalue weighted by atomic mass is 9.77. The van der Waals surface area contributed by atoms with Gasteiger partial charge in [0.2, 0.25) is 5.91 Å². The maximum Gasteiger partial charge on any atom is 0.253 e. The highest BCUT2D eigenvalue weighted by molar-refractivity contribution is 5.98. The number of carbonyl (C=O) groups is 2. The minimum atomic E-state index is 0.0639. The fraction of sp³-hybridized carbons (Fsp3) is 0.545. The van der Waals surface area contributed by atoms with Crippen molar-refractivity contribution in [2.24, 2.45) is 11.3 Å². The van der Waals surface area contributed by atoms with Crippen LogP contribution in [0.1, 0.15) is 49.2 Å². The van der Waals surface area contributed by atoms with Gasteiger partial charge in [0.25, 0.3) is 5.91 Å². The van der Waals surface area contributed by atoms with Gasteiger partial charge in [0.15, 0.2) is 0 Å². The van der Waals surface area contributed by atoms with Crippen LogP contribution >= 0.6 is 0 Å². The first kappa shape index (κ1) is 18.1. The lowest BCUT2D eigenvalue weighted by Crippen LogP contribution is -2.44. The molecule has 0 bridgehead atoms. The summed E-state index contributed by atoms with van der Waals surface area (Å²) in [6.45, 7) is 9.36. The molecule has 3 heterocycles. The van der Waals surface area contributed by atoms with Gasteiger partial charge in [0.05, 0.1) is 0 Å². The Labute approximate surface area is 160 Å². The van der Waals surface area contributed by atoms with E-state index in [0.29, 0.717) is 17.9 Å². The Hall–Kier alpha value is -2.30. The monoisotopic (exact) mass is 368 g/mol. The van der Waals surface area contributed by atoms with E-state index in [-0.39, 0.29) is 17.2 Å². The molecule has 144 valence electrons. The first-order valence-electron chi connectivity index (χ1n) is 9.92. The van der Waals surface area contributed by atoms with Crippen LogP contribution in [0, 0.1) is 18.3 Å². The van der Waals surface area contributed by atoms with E-state index in [0.717, 1.165) is 55.8 Å². The average Bonchev–Trinajstić information content (AvgIpc) is 3.13. The largest absolute Gasteiger partial charge is 0.461 e. The maximum absolute atomic E-state index is 12.9. The van der Waals surface area contributed by atoms with Crippen LogP contribution in [0.4, 0.5) is 0 Å². The third-order valence-corrected chi connectivity index (χ3v) is 5.99. The number of furan rings is 1. The van der Waals surface area contributed by atoms with E-state index in [1.807, 2.05) is 41.0 Å². The van der Waals surface area contributed by atoms with Gasteiger partial charge in [0.1, 0.15) is 11.3 Å². The van der Waals surface area contributed by atoms with Crippen LogP contribution in [0.5, 0.6) is 0 Å². The van der Waals surface area contributed by atoms with E-state index in [2.05, 4.69) is 13.8 Å². The van der Waals surface area contributed by atoms with E-state index in [4.69, 9.17) is 4.42 Å². The average molecular weight is 368 g/mol. The normalized spacial score (nSPS) is 19.6. The van der Waals surface area contributed by atoms with Gasteiger partial charge < -0.3 is 14.2 Å². The summed E-state index contributed by atoms with van der Waals surface area (Å²) >= 11 is 0. The van der Waals surface area contributed by atoms with Crippen molar-refractivity contribution in [3.8, 4) is 0 Å². The van der Waals surface area contributed by atoms with Crippen molar-refractivity contribution in [3.05, 3.63) is 35.6 Å². The van der Waals surface area contributed by atoms with E-state index in [1.165, 1.54) is 0 Å². The number of fused-ring (bicyclic) bond motifs is 1. The van der Waals surface area contributed by atoms with Gasteiger partial charge in [-0.25, -0.2) is 0 Å². The second kappa shape index (κ2) is 6.70. The van der Waals surface area contributed by atoms with Crippen LogP contribution in [-0.4, -0.2) is 47.8 Å². The highest BCUT2D eigenvalue weighted by atomic mass is 16.3. The molecule has 1 aromatic carbocycles. The Balaban J connectivity index is 1.42. The summed E-state index contributed by atoms with van der Waals surface area (Å²) in [4.78, 5) is 29.3. The maximum atomic E-state index is 12.9. The third-order valence-electron chi connectivity index (χ3n) is 5.99. The number of hydrogen-bond acceptors (Lipinski definition) is 3. The first-order chi connectivity index (χ1) is 12.8. The molecule has 2 saturated heterocycles. The minimum Gasteiger partial charge on any atom is -0.461 e. The van der Waals surface area contributed by atoms with Crippen LogP contribution < -0.4 is 0 Å². The van der Waals surface area contributed by atoms with Crippen molar-refractivity contribution in [2.45, 2.75) is 40.0 Å². The fourth-order valence-corrected chi connectivity index (χ4v) is 4.60. The number of likely N-dealkylation sites (tertiary alicyclic amines) is 2. The predicted molar refractivity (Wildman–Crippen MR) is 105 cm³/mol. The molecule has 5 heteroatoms. The second-order valence-electron chi connectivity index (χ2n) is 8.75. The molecule has 2 aliphatic heterocycles. The predicted octanol–water partition coefficient (Wildman–Crippen LogP) is 3.85. The number of hydrogen-bond donors (Lipinski definition) is 0. The molecule has 2 amide bonds. The van der Waals surface area contributed by atoms with Crippen LogP contribution in [0.2, 0.25) is 0 Å². The summed E-state index contributed by atoms with van der Waals surface area (Å²) < 4.78 is 5.60. The standard InChI is InChI=1S/C22H28N2O3/c1-15(2)13-24-14-22(12-20(24)25)6-8-23(9-7-22)21(26)17-4-5-19-18(11-17)10-16(3)27-19/h4-5,10-11,15H,6-9,12-14H2,1-3H3. The number of piperidine rings is 1. The van der Waals surface area contributed by atoms with Crippen LogP contribution in [0.15, 0.2) is 28.7 Å². The molecule has 0 saturated carbocycles. The van der Waals surface area contributed by atoms with Crippen molar-refractivity contribution in [3.63, 3.8) is 0 Å². The topological polar surface area (TPSA) is 53.8 Å². The molecule has 4 rings (SSSR count). The summed E-state index contributed by atoms with van der Waals surface area (Å²) in [6.07, 6.45) is 2.46. The molecular weight excluding hydrogens is 340 g/mol. The number of aryl methyl sites for hydroxylation is 1. The van der Waals surface area contributed by atoms with Gasteiger partial charge in [-0.2, -0.15) is 0 Å². The summed E-state index contributed by atoms with van der Waals surface area (Å²) in [5.74, 6) is 1.71. The molecule has 2 aromatic rings. The molecule has 0 atom stereocenters. The van der Waals surface area contributed by atoms with Crippen LogP contribution in [0.25, 0.3) is 11.0 Å². The van der Waals surface area contributed by atoms with E-state index in [9.17, 15) is 9.59 Å². The summed E-state index contributed by atoms with van der Waals surface area (Å²) in [6, 6.07) is 7.61. The number of rotatable bonds is 3. The smallest absolute Gasteiger partial charge is 0.253 e. The summed E-state index contributed by atoms with van der Waals surface area (Å²) in [5.41, 5.74) is 1.59. The van der Waals surface area contributed by atoms with Crippen molar-refractivity contribution in [2.75, 3.05) is 26.2 Å². The number of amides is 2. The Morgan fingerprint density at radius 2 is 1.96 bits per heavy atom. The van der Waals surface area contributed by atoms with Crippen molar-refractivity contribution in [1.29, 1.82) is 0 Å². The molecule has 0 radical (unpaired) electrons. The van der Waals surface area contributed by atoms with Crippen molar-refractivity contribution >= 4 is 22.8 Å². The van der Waals surface area contributed by atoms with E-state index in [1.54, 1.807) is 0 Å². The summed E-state index contributed by atoms with van der Waals surface area (Å²) in [7, 11) is 0. The number of nitrogens with zero attached hydrogens (tertiary/aromatic N) is 2. The number of carbonyl (C=O) groups excluding carboxylic acids is 2. The molecule has 0 unspecified atom stereocenters. The van der Waals surface area contributed by atoms with E-state index < -0.39 is 0 Å². The Morgan fingerprint density at radius 3 is 2.67 bits per heavy atom. The van der Waals surface area contributed by atoms with Gasteiger partial charge in [0, 0.05) is 49.0 Å². The SMILES string of the molecule is Cc1cc2cc(C(=O)N3CCC4(CC3)CC(=O)N(CC(C)C)C4)ccc2o1. The lowest BCUT2D eigenvalue weighted by molar-refractivity contribution is -0.128. The first-order valence-corrected chi connectivity index (χ1v) is 9.92. The molecule has 1 spiro atoms. The van der Waals surface area contributed by atoms with Gasteiger partial charge in [-0.15, -0.1) is 0 Å². The molecule has 2 fully saturated rings. The van der Waals surface area contributed by atoms with Gasteiger partial charge in [-0.1, -0.05) is 13.8 Å².